The van der Waals surface area contributed by atoms with E-state index in [4.69, 9.17) is 9.84 Å². The molecule has 0 saturated carbocycles. The van der Waals surface area contributed by atoms with Crippen molar-refractivity contribution in [3.63, 3.8) is 0 Å². The van der Waals surface area contributed by atoms with Crippen molar-refractivity contribution in [1.29, 1.82) is 0 Å². The fourth-order valence-electron chi connectivity index (χ4n) is 2.37. The second-order valence-corrected chi connectivity index (χ2v) is 5.64. The summed E-state index contributed by atoms with van der Waals surface area (Å²) in [6, 6.07) is 0. The Bertz CT molecular complexity index is 507. The van der Waals surface area contributed by atoms with Crippen LogP contribution in [0, 0.1) is 0 Å². The molecule has 0 bridgehead atoms. The highest BCUT2D eigenvalue weighted by Gasteiger charge is 2.24. The fourth-order valence-corrected chi connectivity index (χ4v) is 2.71. The van der Waals surface area contributed by atoms with Crippen LogP contribution in [0.25, 0.3) is 0 Å². The third-order valence-corrected chi connectivity index (χ3v) is 4.07. The lowest BCUT2D eigenvalue weighted by molar-refractivity contribution is 0.0525. The number of piperazine rings is 1. The van der Waals surface area contributed by atoms with Gasteiger partial charge in [0.2, 0.25) is 0 Å². The number of thioether (sulfide) groups is 1. The largest absolute Gasteiger partial charge is 0.462 e. The molecule has 0 aromatic carbocycles. The Kier molecular flexibility index (Phi) is 6.41. The number of aliphatic hydroxyl groups excluding tert-OH is 1. The van der Waals surface area contributed by atoms with Crippen molar-refractivity contribution in [1.82, 2.24) is 14.9 Å². The van der Waals surface area contributed by atoms with Gasteiger partial charge < -0.3 is 14.7 Å². The average Bonchev–Trinajstić information content (AvgIpc) is 2.55. The number of aliphatic hydroxyl groups is 1. The van der Waals surface area contributed by atoms with Crippen molar-refractivity contribution in [2.45, 2.75) is 12.1 Å². The minimum absolute atomic E-state index is 0.165. The van der Waals surface area contributed by atoms with Gasteiger partial charge in [-0.1, -0.05) is 11.8 Å². The van der Waals surface area contributed by atoms with Gasteiger partial charge in [0.1, 0.15) is 11.4 Å². The first-order valence-electron chi connectivity index (χ1n) is 7.36. The van der Waals surface area contributed by atoms with E-state index in [1.165, 1.54) is 11.8 Å². The highest BCUT2D eigenvalue weighted by molar-refractivity contribution is 7.98. The van der Waals surface area contributed by atoms with Crippen LogP contribution in [0.15, 0.2) is 11.4 Å². The lowest BCUT2D eigenvalue weighted by Crippen LogP contribution is -2.48. The summed E-state index contributed by atoms with van der Waals surface area (Å²) >= 11 is 1.44. The van der Waals surface area contributed by atoms with E-state index in [0.29, 0.717) is 29.7 Å². The van der Waals surface area contributed by atoms with Crippen molar-refractivity contribution >= 4 is 23.5 Å². The monoisotopic (exact) mass is 326 g/mol. The molecule has 8 heteroatoms. The Labute approximate surface area is 134 Å². The van der Waals surface area contributed by atoms with Gasteiger partial charge in [-0.05, 0) is 13.2 Å². The molecule has 1 saturated heterocycles. The lowest BCUT2D eigenvalue weighted by Gasteiger charge is -2.35. The van der Waals surface area contributed by atoms with Gasteiger partial charge in [0.05, 0.1) is 13.2 Å². The van der Waals surface area contributed by atoms with Gasteiger partial charge in [-0.2, -0.15) is 0 Å². The molecule has 1 aromatic rings. The number of esters is 1. The fraction of sp³-hybridized carbons (Fsp3) is 0.643. The topological polar surface area (TPSA) is 78.8 Å². The molecule has 0 radical (unpaired) electrons. The minimum atomic E-state index is -0.386. The predicted octanol–water partition coefficient (Wildman–Crippen LogP) is 0.489. The van der Waals surface area contributed by atoms with Gasteiger partial charge in [-0.3, -0.25) is 4.90 Å². The van der Waals surface area contributed by atoms with Crippen molar-refractivity contribution < 1.29 is 14.6 Å². The van der Waals surface area contributed by atoms with E-state index in [0.717, 1.165) is 26.2 Å². The number of carbonyl (C=O) groups is 1. The van der Waals surface area contributed by atoms with E-state index in [2.05, 4.69) is 19.8 Å². The summed E-state index contributed by atoms with van der Waals surface area (Å²) in [5.41, 5.74) is 0.412. The summed E-state index contributed by atoms with van der Waals surface area (Å²) in [6.45, 7) is 6.14. The molecule has 1 N–H and O–H groups in total. The van der Waals surface area contributed by atoms with Gasteiger partial charge in [-0.15, -0.1) is 0 Å². The Morgan fingerprint density at radius 3 is 2.73 bits per heavy atom. The van der Waals surface area contributed by atoms with Crippen molar-refractivity contribution in [3.8, 4) is 0 Å². The molecule has 22 heavy (non-hydrogen) atoms. The molecule has 2 heterocycles. The molecular weight excluding hydrogens is 304 g/mol. The molecule has 0 atom stereocenters. The number of aromatic nitrogens is 2. The summed E-state index contributed by atoms with van der Waals surface area (Å²) in [4.78, 5) is 25.1. The maximum absolute atomic E-state index is 12.1. The number of ether oxygens (including phenoxy) is 1. The van der Waals surface area contributed by atoms with Crippen LogP contribution in [0.3, 0.4) is 0 Å². The molecule has 2 rings (SSSR count). The Balaban J connectivity index is 2.19. The van der Waals surface area contributed by atoms with E-state index in [-0.39, 0.29) is 12.6 Å². The van der Waals surface area contributed by atoms with Gasteiger partial charge in [0.15, 0.2) is 5.16 Å². The number of hydrogen-bond donors (Lipinski definition) is 1. The molecule has 1 aliphatic rings. The third-order valence-electron chi connectivity index (χ3n) is 3.51. The minimum Gasteiger partial charge on any atom is -0.462 e. The molecule has 0 amide bonds. The molecule has 1 aliphatic heterocycles. The first kappa shape index (κ1) is 17.0. The van der Waals surface area contributed by atoms with Crippen LogP contribution in [-0.2, 0) is 4.74 Å². The summed E-state index contributed by atoms with van der Waals surface area (Å²) in [5.74, 6) is 0.254. The summed E-state index contributed by atoms with van der Waals surface area (Å²) in [7, 11) is 0. The molecule has 122 valence electrons. The van der Waals surface area contributed by atoms with Crippen LogP contribution >= 0.6 is 11.8 Å². The van der Waals surface area contributed by atoms with Crippen LogP contribution in [-0.4, -0.2) is 78.1 Å². The zero-order valence-electron chi connectivity index (χ0n) is 13.0. The standard InChI is InChI=1S/C14H22N4O3S/c1-3-21-13(20)11-10-15-14(22-2)16-12(11)18-6-4-17(5-7-18)8-9-19/h10,19H,3-9H2,1-2H3. The van der Waals surface area contributed by atoms with E-state index in [1.807, 2.05) is 6.26 Å². The molecule has 0 spiro atoms. The first-order chi connectivity index (χ1) is 10.7. The van der Waals surface area contributed by atoms with Gasteiger partial charge >= 0.3 is 5.97 Å². The Morgan fingerprint density at radius 1 is 1.41 bits per heavy atom. The molecule has 0 aliphatic carbocycles. The van der Waals surface area contributed by atoms with Crippen LogP contribution in [0.2, 0.25) is 0 Å². The van der Waals surface area contributed by atoms with Crippen LogP contribution in [0.1, 0.15) is 17.3 Å². The zero-order valence-corrected chi connectivity index (χ0v) is 13.8. The van der Waals surface area contributed by atoms with Gasteiger partial charge in [0, 0.05) is 38.9 Å². The molecule has 1 fully saturated rings. The normalized spacial score (nSPS) is 15.9. The molecular formula is C14H22N4O3S. The van der Waals surface area contributed by atoms with Gasteiger partial charge in [0.25, 0.3) is 0 Å². The smallest absolute Gasteiger partial charge is 0.343 e. The van der Waals surface area contributed by atoms with E-state index >= 15 is 0 Å². The number of carbonyl (C=O) groups excluding carboxylic acids is 1. The number of β-amino-alcohol motifs (C(OH)–C–C–N with tert-alkyl or cyclic N) is 1. The highest BCUT2D eigenvalue weighted by Crippen LogP contribution is 2.22. The second kappa shape index (κ2) is 8.30. The Hall–Kier alpha value is -1.38. The van der Waals surface area contributed by atoms with E-state index < -0.39 is 0 Å². The zero-order chi connectivity index (χ0) is 15.9. The van der Waals surface area contributed by atoms with Crippen LogP contribution in [0.5, 0.6) is 0 Å². The molecule has 7 nitrogen and oxygen atoms in total. The predicted molar refractivity (Wildman–Crippen MR) is 85.5 cm³/mol. The number of hydrogen-bond acceptors (Lipinski definition) is 8. The van der Waals surface area contributed by atoms with Crippen LogP contribution < -0.4 is 4.90 Å². The van der Waals surface area contributed by atoms with E-state index in [9.17, 15) is 4.79 Å². The first-order valence-corrected chi connectivity index (χ1v) is 8.58. The second-order valence-electron chi connectivity index (χ2n) is 4.87. The van der Waals surface area contributed by atoms with E-state index in [1.54, 1.807) is 13.1 Å². The quantitative estimate of drug-likeness (QED) is 0.460. The average molecular weight is 326 g/mol. The molecule has 1 aromatic heterocycles. The number of nitrogens with zero attached hydrogens (tertiary/aromatic N) is 4. The maximum atomic E-state index is 12.1. The summed E-state index contributed by atoms with van der Waals surface area (Å²) < 4.78 is 5.10. The van der Waals surface area contributed by atoms with Gasteiger partial charge in [-0.25, -0.2) is 14.8 Å². The highest BCUT2D eigenvalue weighted by atomic mass is 32.2. The summed E-state index contributed by atoms with van der Waals surface area (Å²) in [5, 5.41) is 9.65. The van der Waals surface area contributed by atoms with Crippen molar-refractivity contribution in [3.05, 3.63) is 11.8 Å². The maximum Gasteiger partial charge on any atom is 0.343 e. The van der Waals surface area contributed by atoms with Crippen molar-refractivity contribution in [2.75, 3.05) is 57.1 Å². The summed E-state index contributed by atoms with van der Waals surface area (Å²) in [6.07, 6.45) is 3.45. The van der Waals surface area contributed by atoms with Crippen molar-refractivity contribution in [2.24, 2.45) is 0 Å². The number of rotatable bonds is 6. The third kappa shape index (κ3) is 4.08. The van der Waals surface area contributed by atoms with Crippen LogP contribution in [0.4, 0.5) is 5.82 Å². The lowest BCUT2D eigenvalue weighted by atomic mass is 10.2. The Morgan fingerprint density at radius 2 is 2.14 bits per heavy atom. The molecule has 0 unspecified atom stereocenters. The number of anilines is 1. The SMILES string of the molecule is CCOC(=O)c1cnc(SC)nc1N1CCN(CCO)CC1.